The van der Waals surface area contributed by atoms with Crippen molar-refractivity contribution in [2.75, 3.05) is 17.2 Å². The van der Waals surface area contributed by atoms with E-state index in [-0.39, 0.29) is 46.0 Å². The smallest absolute Gasteiger partial charge is 0.290 e. The Hall–Kier alpha value is -4.92. The molecule has 2 aliphatic rings. The predicted molar refractivity (Wildman–Crippen MR) is 201 cm³/mol. The van der Waals surface area contributed by atoms with E-state index in [0.29, 0.717) is 28.1 Å². The van der Waals surface area contributed by atoms with Crippen molar-refractivity contribution in [1.29, 1.82) is 5.41 Å². The topological polar surface area (TPSA) is 145 Å². The Morgan fingerprint density at radius 1 is 1.12 bits per heavy atom. The van der Waals surface area contributed by atoms with Crippen LogP contribution < -0.4 is 16.0 Å². The van der Waals surface area contributed by atoms with E-state index in [1.807, 2.05) is 0 Å². The van der Waals surface area contributed by atoms with Crippen molar-refractivity contribution in [3.8, 4) is 23.0 Å². The number of anilines is 1. The number of hydrogen-bond donors (Lipinski definition) is 5. The molecule has 2 aromatic heterocycles. The average Bonchev–Trinajstić information content (AvgIpc) is 3.80. The number of amides is 2. The van der Waals surface area contributed by atoms with Gasteiger partial charge in [0.05, 0.1) is 45.2 Å². The van der Waals surface area contributed by atoms with Crippen molar-refractivity contribution in [3.05, 3.63) is 87.3 Å². The average molecular weight is 865 g/mol. The van der Waals surface area contributed by atoms with E-state index in [9.17, 15) is 32.3 Å². The normalized spacial score (nSPS) is 17.7. The van der Waals surface area contributed by atoms with Crippen LogP contribution in [-0.2, 0) is 23.1 Å². The maximum Gasteiger partial charge on any atom is 0.290 e. The van der Waals surface area contributed by atoms with Crippen LogP contribution in [0.1, 0.15) is 43.3 Å². The van der Waals surface area contributed by atoms with Crippen LogP contribution in [0.5, 0.6) is 0 Å². The highest BCUT2D eigenvalue weighted by Gasteiger charge is 2.66. The van der Waals surface area contributed by atoms with Gasteiger partial charge in [-0.2, -0.15) is 13.9 Å². The van der Waals surface area contributed by atoms with Gasteiger partial charge in [-0.15, -0.1) is 0 Å². The zero-order valence-electron chi connectivity index (χ0n) is 29.8. The molecule has 0 unspecified atom stereocenters. The van der Waals surface area contributed by atoms with E-state index in [4.69, 9.17) is 22.0 Å². The summed E-state index contributed by atoms with van der Waals surface area (Å²) in [7, 11) is 1.60. The van der Waals surface area contributed by atoms with E-state index in [1.165, 1.54) is 24.6 Å². The number of hydrogen-bond acceptors (Lipinski definition) is 7. The van der Waals surface area contributed by atoms with Gasteiger partial charge in [-0.3, -0.25) is 19.7 Å². The van der Waals surface area contributed by atoms with Gasteiger partial charge in [0, 0.05) is 35.7 Å². The number of carbonyl (C=O) groups is 2. The van der Waals surface area contributed by atoms with Crippen molar-refractivity contribution in [3.63, 3.8) is 0 Å². The molecule has 56 heavy (non-hydrogen) atoms. The highest BCUT2D eigenvalue weighted by molar-refractivity contribution is 9.09. The molecule has 1 saturated carbocycles. The van der Waals surface area contributed by atoms with Gasteiger partial charge in [-0.25, -0.2) is 22.5 Å². The SMILES string of the molecule is Cn1nc(NC(=O)CBr)c2c(Cl)ccc(-c3ccc(C#CC(C)(C)O)nc3[C@H](Cc3cc(F)cc(F)c3)NC(=O)CNC3=C(C(=N)C(F)F)[C@H]4C[C@H]4C3(F)F)c21. The summed E-state index contributed by atoms with van der Waals surface area (Å²) in [6.07, 6.45) is -3.68. The van der Waals surface area contributed by atoms with Gasteiger partial charge in [0.2, 0.25) is 11.8 Å². The van der Waals surface area contributed by atoms with Crippen molar-refractivity contribution in [2.45, 2.75) is 50.7 Å². The lowest BCUT2D eigenvalue weighted by Gasteiger charge is -2.24. The first-order chi connectivity index (χ1) is 26.3. The Kier molecular flexibility index (Phi) is 11.3. The minimum Gasteiger partial charge on any atom is -0.378 e. The zero-order valence-corrected chi connectivity index (χ0v) is 32.2. The second kappa shape index (κ2) is 15.5. The highest BCUT2D eigenvalue weighted by Crippen LogP contribution is 2.62. The number of aryl methyl sites for hydroxylation is 1. The lowest BCUT2D eigenvalue weighted by Crippen LogP contribution is -2.41. The molecule has 2 aliphatic carbocycles. The molecule has 4 aromatic rings. The third-order valence-electron chi connectivity index (χ3n) is 9.22. The van der Waals surface area contributed by atoms with Crippen LogP contribution in [0.15, 0.2) is 53.7 Å². The standard InChI is InChI=1S/C38H33BrClF6N7O3/c1-37(2,56)9-8-20-4-5-21(22-6-7-25(40)30-33(22)53(3)52-36(30)51-27(54)15-39)32(49-20)26(12-17-10-18(41)13-19(42)11-17)50-28(55)16-48-34-29(31(47)35(43)44)23-14-24(23)38(34,45)46/h4-7,10-11,13,23-24,26,35,47-48,56H,12,14-16H2,1-3H3,(H,50,55)(H,51,52,54)/t23-,24+,26-/m0/s1. The maximum absolute atomic E-state index is 15.2. The van der Waals surface area contributed by atoms with E-state index in [0.717, 1.165) is 12.1 Å². The summed E-state index contributed by atoms with van der Waals surface area (Å²) in [4.78, 5) is 30.8. The summed E-state index contributed by atoms with van der Waals surface area (Å²) >= 11 is 9.73. The zero-order chi connectivity index (χ0) is 40.9. The van der Waals surface area contributed by atoms with E-state index >= 15 is 8.78 Å². The molecule has 0 aliphatic heterocycles. The van der Waals surface area contributed by atoms with Gasteiger partial charge in [-0.1, -0.05) is 39.5 Å². The number of aromatic nitrogens is 3. The Morgan fingerprint density at radius 3 is 2.45 bits per heavy atom. The number of alkyl halides is 5. The number of rotatable bonds is 12. The van der Waals surface area contributed by atoms with Crippen molar-refractivity contribution >= 4 is 61.8 Å². The molecule has 1 fully saturated rings. The fraction of sp³-hybridized carbons (Fsp3) is 0.342. The van der Waals surface area contributed by atoms with E-state index in [1.54, 1.807) is 25.2 Å². The van der Waals surface area contributed by atoms with Crippen LogP contribution in [0.4, 0.5) is 32.2 Å². The van der Waals surface area contributed by atoms with Crippen molar-refractivity contribution in [1.82, 2.24) is 25.4 Å². The third-order valence-corrected chi connectivity index (χ3v) is 10.0. The second-order valence-corrected chi connectivity index (χ2v) is 14.9. The van der Waals surface area contributed by atoms with E-state index < -0.39 is 82.8 Å². The summed E-state index contributed by atoms with van der Waals surface area (Å²) in [6.45, 7) is 2.04. The van der Waals surface area contributed by atoms with Crippen molar-refractivity contribution < 1.29 is 41.0 Å². The lowest BCUT2D eigenvalue weighted by molar-refractivity contribution is -0.121. The van der Waals surface area contributed by atoms with Gasteiger partial charge < -0.3 is 21.1 Å². The molecule has 2 aromatic carbocycles. The van der Waals surface area contributed by atoms with Crippen LogP contribution in [0.25, 0.3) is 22.0 Å². The van der Waals surface area contributed by atoms with Crippen LogP contribution in [0.2, 0.25) is 5.02 Å². The Morgan fingerprint density at radius 2 is 1.80 bits per heavy atom. The minimum atomic E-state index is -3.59. The van der Waals surface area contributed by atoms with Gasteiger partial charge in [0.15, 0.2) is 5.82 Å². The first kappa shape index (κ1) is 40.7. The molecular formula is C38H33BrClF6N7O3. The van der Waals surface area contributed by atoms with Crippen LogP contribution in [0.3, 0.4) is 0 Å². The largest absolute Gasteiger partial charge is 0.378 e. The van der Waals surface area contributed by atoms with Crippen LogP contribution >= 0.6 is 27.5 Å². The molecule has 18 heteroatoms. The fourth-order valence-corrected chi connectivity index (χ4v) is 7.21. The molecule has 5 N–H and O–H groups in total. The number of halogens is 8. The molecule has 0 saturated heterocycles. The summed E-state index contributed by atoms with van der Waals surface area (Å²) in [5.41, 5.74) is -2.71. The van der Waals surface area contributed by atoms with E-state index in [2.05, 4.69) is 48.8 Å². The molecule has 3 atom stereocenters. The Balaban J connectivity index is 1.47. The lowest BCUT2D eigenvalue weighted by atomic mass is 9.93. The molecule has 0 spiro atoms. The molecule has 0 radical (unpaired) electrons. The van der Waals surface area contributed by atoms with Crippen LogP contribution in [0, 0.1) is 40.7 Å². The quantitative estimate of drug-likeness (QED) is 0.0457. The molecular weight excluding hydrogens is 832 g/mol. The number of allylic oxidation sites excluding steroid dienone is 2. The summed E-state index contributed by atoms with van der Waals surface area (Å²) in [5.74, 6) is -3.41. The minimum absolute atomic E-state index is 0.0351. The molecule has 294 valence electrons. The first-order valence-electron chi connectivity index (χ1n) is 17.0. The van der Waals surface area contributed by atoms with Crippen LogP contribution in [-0.4, -0.2) is 67.2 Å². The number of benzene rings is 2. The van der Waals surface area contributed by atoms with Crippen molar-refractivity contribution in [2.24, 2.45) is 18.9 Å². The van der Waals surface area contributed by atoms with Gasteiger partial charge in [0.1, 0.15) is 28.6 Å². The molecule has 10 nitrogen and oxygen atoms in total. The first-order valence-corrected chi connectivity index (χ1v) is 18.5. The summed E-state index contributed by atoms with van der Waals surface area (Å²) < 4.78 is 88.0. The van der Waals surface area contributed by atoms with Gasteiger partial charge in [0.25, 0.3) is 12.3 Å². The number of pyridine rings is 1. The summed E-state index contributed by atoms with van der Waals surface area (Å²) in [6, 6.07) is 7.78. The number of nitrogens with one attached hydrogen (secondary N) is 4. The third kappa shape index (κ3) is 8.42. The van der Waals surface area contributed by atoms with Gasteiger partial charge >= 0.3 is 0 Å². The highest BCUT2D eigenvalue weighted by atomic mass is 79.9. The fourth-order valence-electron chi connectivity index (χ4n) is 6.83. The number of aliphatic hydroxyl groups is 1. The Labute approximate surface area is 329 Å². The Bertz CT molecular complexity index is 2350. The summed E-state index contributed by atoms with van der Waals surface area (Å²) in [5, 5.41) is 30.7. The second-order valence-electron chi connectivity index (χ2n) is 13.9. The van der Waals surface area contributed by atoms with Gasteiger partial charge in [-0.05, 0) is 74.4 Å². The number of carbonyl (C=O) groups excluding carboxylic acids is 2. The maximum atomic E-state index is 15.2. The predicted octanol–water partition coefficient (Wildman–Crippen LogP) is 6.84. The molecule has 2 heterocycles. The number of fused-ring (bicyclic) bond motifs is 2. The molecule has 2 amide bonds. The number of nitrogens with zero attached hydrogens (tertiary/aromatic N) is 3. The monoisotopic (exact) mass is 863 g/mol. The molecule has 0 bridgehead atoms. The molecule has 6 rings (SSSR count).